The van der Waals surface area contributed by atoms with Gasteiger partial charge in [-0.05, 0) is 55.0 Å². The molecular weight excluding hydrogens is 326 g/mol. The van der Waals surface area contributed by atoms with Crippen LogP contribution in [0, 0.1) is 5.92 Å². The number of fused-ring (bicyclic) bond motifs is 1. The number of amides is 1. The molecule has 0 spiro atoms. The van der Waals surface area contributed by atoms with Crippen molar-refractivity contribution in [1.29, 1.82) is 0 Å². The Morgan fingerprint density at radius 2 is 2.08 bits per heavy atom. The molecule has 1 N–H and O–H groups in total. The standard InChI is InChI=1S/C21H23N3O2/c1-26-19-5-3-2-4-18(19)21(25)24-10-7-15(8-11-24)12-16-13-17-6-9-22-20(17)23-14-16/h2-6,9,13-15H,7-8,10-12H2,1H3,(H,22,23). The zero-order valence-electron chi connectivity index (χ0n) is 14.9. The van der Waals surface area contributed by atoms with Crippen molar-refractivity contribution in [3.63, 3.8) is 0 Å². The maximum atomic E-state index is 12.8. The van der Waals surface area contributed by atoms with Crippen molar-refractivity contribution in [2.24, 2.45) is 5.92 Å². The van der Waals surface area contributed by atoms with E-state index in [2.05, 4.69) is 22.1 Å². The van der Waals surface area contributed by atoms with E-state index in [1.54, 1.807) is 7.11 Å². The Balaban J connectivity index is 1.38. The third-order valence-corrected chi connectivity index (χ3v) is 5.22. The summed E-state index contributed by atoms with van der Waals surface area (Å²) in [5.41, 5.74) is 2.85. The molecule has 26 heavy (non-hydrogen) atoms. The van der Waals surface area contributed by atoms with Crippen LogP contribution in [0.3, 0.4) is 0 Å². The largest absolute Gasteiger partial charge is 0.496 e. The maximum Gasteiger partial charge on any atom is 0.257 e. The molecule has 2 aromatic heterocycles. The summed E-state index contributed by atoms with van der Waals surface area (Å²) in [6.07, 6.45) is 6.94. The molecule has 4 rings (SSSR count). The van der Waals surface area contributed by atoms with E-state index in [1.807, 2.05) is 41.6 Å². The number of aromatic amines is 1. The third-order valence-electron chi connectivity index (χ3n) is 5.22. The molecule has 1 aliphatic rings. The Morgan fingerprint density at radius 3 is 2.88 bits per heavy atom. The molecule has 1 aliphatic heterocycles. The van der Waals surface area contributed by atoms with Gasteiger partial charge < -0.3 is 14.6 Å². The van der Waals surface area contributed by atoms with Crippen molar-refractivity contribution in [1.82, 2.24) is 14.9 Å². The van der Waals surface area contributed by atoms with Crippen LogP contribution in [0.2, 0.25) is 0 Å². The minimum atomic E-state index is 0.0660. The van der Waals surface area contributed by atoms with Crippen LogP contribution in [0.15, 0.2) is 48.8 Å². The van der Waals surface area contributed by atoms with E-state index >= 15 is 0 Å². The van der Waals surface area contributed by atoms with E-state index in [0.29, 0.717) is 17.2 Å². The predicted octanol–water partition coefficient (Wildman–Crippen LogP) is 3.67. The van der Waals surface area contributed by atoms with Crippen LogP contribution in [-0.4, -0.2) is 41.0 Å². The summed E-state index contributed by atoms with van der Waals surface area (Å²) in [4.78, 5) is 22.3. The average Bonchev–Trinajstić information content (AvgIpc) is 3.16. The van der Waals surface area contributed by atoms with E-state index < -0.39 is 0 Å². The summed E-state index contributed by atoms with van der Waals surface area (Å²) in [6.45, 7) is 1.59. The first kappa shape index (κ1) is 16.6. The second-order valence-electron chi connectivity index (χ2n) is 6.90. The fourth-order valence-electron chi connectivity index (χ4n) is 3.76. The fourth-order valence-corrected chi connectivity index (χ4v) is 3.76. The van der Waals surface area contributed by atoms with Gasteiger partial charge in [0.15, 0.2) is 0 Å². The number of pyridine rings is 1. The Morgan fingerprint density at radius 1 is 1.27 bits per heavy atom. The molecule has 1 saturated heterocycles. The van der Waals surface area contributed by atoms with Crippen LogP contribution in [0.1, 0.15) is 28.8 Å². The van der Waals surface area contributed by atoms with E-state index in [9.17, 15) is 4.79 Å². The van der Waals surface area contributed by atoms with Gasteiger partial charge in [0, 0.05) is 30.9 Å². The predicted molar refractivity (Wildman–Crippen MR) is 101 cm³/mol. The quantitative estimate of drug-likeness (QED) is 0.782. The minimum absolute atomic E-state index is 0.0660. The SMILES string of the molecule is COc1ccccc1C(=O)N1CCC(Cc2cnc3[nH]ccc3c2)CC1. The lowest BCUT2D eigenvalue weighted by molar-refractivity contribution is 0.0687. The highest BCUT2D eigenvalue weighted by molar-refractivity contribution is 5.97. The van der Waals surface area contributed by atoms with Crippen molar-refractivity contribution < 1.29 is 9.53 Å². The number of H-pyrrole nitrogens is 1. The summed E-state index contributed by atoms with van der Waals surface area (Å²) in [6, 6.07) is 11.7. The lowest BCUT2D eigenvalue weighted by Gasteiger charge is -2.32. The number of rotatable bonds is 4. The first-order valence-corrected chi connectivity index (χ1v) is 9.09. The number of piperidine rings is 1. The molecule has 0 atom stereocenters. The lowest BCUT2D eigenvalue weighted by Crippen LogP contribution is -2.39. The van der Waals surface area contributed by atoms with Gasteiger partial charge in [0.1, 0.15) is 11.4 Å². The number of para-hydroxylation sites is 1. The molecule has 0 radical (unpaired) electrons. The van der Waals surface area contributed by atoms with Gasteiger partial charge in [-0.2, -0.15) is 0 Å². The number of nitrogens with one attached hydrogen (secondary N) is 1. The van der Waals surface area contributed by atoms with Gasteiger partial charge in [-0.1, -0.05) is 12.1 Å². The second-order valence-corrected chi connectivity index (χ2v) is 6.90. The van der Waals surface area contributed by atoms with Gasteiger partial charge in [0.2, 0.25) is 0 Å². The number of carbonyl (C=O) groups is 1. The molecule has 1 amide bonds. The molecule has 0 bridgehead atoms. The number of ether oxygens (including phenoxy) is 1. The molecular formula is C21H23N3O2. The molecule has 1 fully saturated rings. The average molecular weight is 349 g/mol. The van der Waals surface area contributed by atoms with Crippen LogP contribution in [-0.2, 0) is 6.42 Å². The monoisotopic (exact) mass is 349 g/mol. The van der Waals surface area contributed by atoms with Crippen LogP contribution in [0.5, 0.6) is 5.75 Å². The molecule has 5 heteroatoms. The van der Waals surface area contributed by atoms with Crippen LogP contribution in [0.25, 0.3) is 11.0 Å². The Hall–Kier alpha value is -2.82. The van der Waals surface area contributed by atoms with Gasteiger partial charge >= 0.3 is 0 Å². The highest BCUT2D eigenvalue weighted by Gasteiger charge is 2.25. The van der Waals surface area contributed by atoms with E-state index in [1.165, 1.54) is 5.56 Å². The van der Waals surface area contributed by atoms with Crippen molar-refractivity contribution in [2.45, 2.75) is 19.3 Å². The summed E-state index contributed by atoms with van der Waals surface area (Å²) in [7, 11) is 1.60. The number of nitrogens with zero attached hydrogens (tertiary/aromatic N) is 2. The molecule has 3 heterocycles. The third kappa shape index (κ3) is 3.29. The highest BCUT2D eigenvalue weighted by Crippen LogP contribution is 2.26. The van der Waals surface area contributed by atoms with Gasteiger partial charge in [-0.3, -0.25) is 4.79 Å². The molecule has 0 unspecified atom stereocenters. The van der Waals surface area contributed by atoms with E-state index in [0.717, 1.165) is 43.4 Å². The Bertz CT molecular complexity index is 910. The fraction of sp³-hybridized carbons (Fsp3) is 0.333. The van der Waals surface area contributed by atoms with Gasteiger partial charge in [-0.15, -0.1) is 0 Å². The summed E-state index contributed by atoms with van der Waals surface area (Å²) >= 11 is 0. The molecule has 0 saturated carbocycles. The van der Waals surface area contributed by atoms with E-state index in [-0.39, 0.29) is 5.91 Å². The zero-order valence-corrected chi connectivity index (χ0v) is 14.9. The van der Waals surface area contributed by atoms with Crippen molar-refractivity contribution in [2.75, 3.05) is 20.2 Å². The minimum Gasteiger partial charge on any atom is -0.496 e. The number of carbonyl (C=O) groups excluding carboxylic acids is 1. The molecule has 3 aromatic rings. The summed E-state index contributed by atoms with van der Waals surface area (Å²) < 4.78 is 5.33. The first-order valence-electron chi connectivity index (χ1n) is 9.09. The smallest absolute Gasteiger partial charge is 0.257 e. The number of benzene rings is 1. The number of aromatic nitrogens is 2. The van der Waals surface area contributed by atoms with Gasteiger partial charge in [0.25, 0.3) is 5.91 Å². The van der Waals surface area contributed by atoms with Crippen molar-refractivity contribution >= 4 is 16.9 Å². The van der Waals surface area contributed by atoms with Gasteiger partial charge in [-0.25, -0.2) is 4.98 Å². The van der Waals surface area contributed by atoms with Crippen LogP contribution >= 0.6 is 0 Å². The Kier molecular flexibility index (Phi) is 4.61. The number of likely N-dealkylation sites (tertiary alicyclic amines) is 1. The van der Waals surface area contributed by atoms with Crippen LogP contribution < -0.4 is 4.74 Å². The first-order chi connectivity index (χ1) is 12.7. The summed E-state index contributed by atoms with van der Waals surface area (Å²) in [5, 5.41) is 1.16. The molecule has 5 nitrogen and oxygen atoms in total. The normalized spacial score (nSPS) is 15.3. The number of hydrogen-bond donors (Lipinski definition) is 1. The van der Waals surface area contributed by atoms with Crippen molar-refractivity contribution in [3.8, 4) is 5.75 Å². The molecule has 134 valence electrons. The van der Waals surface area contributed by atoms with Crippen molar-refractivity contribution in [3.05, 3.63) is 59.9 Å². The number of methoxy groups -OCH3 is 1. The number of hydrogen-bond acceptors (Lipinski definition) is 3. The molecule has 1 aromatic carbocycles. The summed E-state index contributed by atoms with van der Waals surface area (Å²) in [5.74, 6) is 1.30. The maximum absolute atomic E-state index is 12.8. The second kappa shape index (κ2) is 7.20. The highest BCUT2D eigenvalue weighted by atomic mass is 16.5. The topological polar surface area (TPSA) is 58.2 Å². The lowest BCUT2D eigenvalue weighted by atomic mass is 9.90. The van der Waals surface area contributed by atoms with Crippen LogP contribution in [0.4, 0.5) is 0 Å². The molecule has 0 aliphatic carbocycles. The zero-order chi connectivity index (χ0) is 17.9. The Labute approximate surface area is 153 Å². The van der Waals surface area contributed by atoms with Gasteiger partial charge in [0.05, 0.1) is 12.7 Å². The van der Waals surface area contributed by atoms with E-state index in [4.69, 9.17) is 4.74 Å².